The standard InChI is InChI=1S/C16H15F6NO5S/c1-8(24)9-6-11-10(7-12(9)28-29(26,27)16(20,21)22)14(2,3)4-5-23(11)13(25)15(17,18)19/h6-7H,4-5H2,1-3H3. The summed E-state index contributed by atoms with van der Waals surface area (Å²) < 4.78 is 104. The lowest BCUT2D eigenvalue weighted by molar-refractivity contribution is -0.170. The van der Waals surface area contributed by atoms with Crippen LogP contribution in [0.25, 0.3) is 0 Å². The van der Waals surface area contributed by atoms with Gasteiger partial charge in [0.2, 0.25) is 0 Å². The van der Waals surface area contributed by atoms with Crippen molar-refractivity contribution in [2.24, 2.45) is 0 Å². The SMILES string of the molecule is CC(=O)c1cc2c(cc1OS(=O)(=O)C(F)(F)F)C(C)(C)CCN2C(=O)C(F)(F)F. The molecule has 0 aromatic heterocycles. The Labute approximate surface area is 161 Å². The van der Waals surface area contributed by atoms with E-state index in [4.69, 9.17) is 0 Å². The molecule has 1 aliphatic heterocycles. The quantitative estimate of drug-likeness (QED) is 0.306. The molecule has 162 valence electrons. The fourth-order valence-electron chi connectivity index (χ4n) is 2.85. The Morgan fingerprint density at radius 3 is 2.10 bits per heavy atom. The smallest absolute Gasteiger partial charge is 0.375 e. The molecule has 6 nitrogen and oxygen atoms in total. The number of Topliss-reactive ketones (excluding diaryl/α,β-unsaturated/α-hetero) is 1. The van der Waals surface area contributed by atoms with Crippen molar-refractivity contribution in [3.8, 4) is 5.75 Å². The van der Waals surface area contributed by atoms with Crippen molar-refractivity contribution in [3.63, 3.8) is 0 Å². The largest absolute Gasteiger partial charge is 0.534 e. The number of carbonyl (C=O) groups is 2. The number of hydrogen-bond acceptors (Lipinski definition) is 5. The molecule has 0 saturated heterocycles. The number of ketones is 1. The maximum absolute atomic E-state index is 12.9. The topological polar surface area (TPSA) is 80.8 Å². The van der Waals surface area contributed by atoms with Crippen molar-refractivity contribution < 1.29 is 48.5 Å². The zero-order chi connectivity index (χ0) is 22.6. The highest BCUT2D eigenvalue weighted by molar-refractivity contribution is 7.88. The van der Waals surface area contributed by atoms with Gasteiger partial charge in [0.15, 0.2) is 11.5 Å². The first-order valence-corrected chi connectivity index (χ1v) is 9.38. The minimum atomic E-state index is -6.14. The number of amides is 1. The molecule has 1 heterocycles. The molecule has 0 aliphatic carbocycles. The first kappa shape index (κ1) is 23.0. The summed E-state index contributed by atoms with van der Waals surface area (Å²) in [6.07, 6.45) is -5.24. The average Bonchev–Trinajstić information content (AvgIpc) is 2.52. The summed E-state index contributed by atoms with van der Waals surface area (Å²) in [6, 6.07) is 1.49. The Bertz CT molecular complexity index is 965. The van der Waals surface area contributed by atoms with Crippen LogP contribution in [0.5, 0.6) is 5.75 Å². The van der Waals surface area contributed by atoms with E-state index in [-0.39, 0.29) is 24.2 Å². The van der Waals surface area contributed by atoms with Crippen LogP contribution in [0.4, 0.5) is 32.0 Å². The lowest BCUT2D eigenvalue weighted by atomic mass is 9.77. The number of rotatable bonds is 3. The Hall–Kier alpha value is -2.31. The van der Waals surface area contributed by atoms with Crippen molar-refractivity contribution in [1.82, 2.24) is 0 Å². The summed E-state index contributed by atoms with van der Waals surface area (Å²) in [5.41, 5.74) is -7.88. The van der Waals surface area contributed by atoms with E-state index in [2.05, 4.69) is 4.18 Å². The Morgan fingerprint density at radius 2 is 1.66 bits per heavy atom. The van der Waals surface area contributed by atoms with Gasteiger partial charge in [-0.3, -0.25) is 9.59 Å². The molecule has 0 fully saturated rings. The summed E-state index contributed by atoms with van der Waals surface area (Å²) in [5, 5.41) is 0. The molecule has 0 unspecified atom stereocenters. The van der Waals surface area contributed by atoms with Gasteiger partial charge < -0.3 is 9.08 Å². The Balaban J connectivity index is 2.73. The highest BCUT2D eigenvalue weighted by Crippen LogP contribution is 2.45. The molecule has 0 N–H and O–H groups in total. The molecular formula is C16H15F6NO5S. The van der Waals surface area contributed by atoms with Gasteiger partial charge in [-0.15, -0.1) is 0 Å². The fraction of sp³-hybridized carbons (Fsp3) is 0.500. The van der Waals surface area contributed by atoms with E-state index in [1.165, 1.54) is 13.8 Å². The molecule has 0 radical (unpaired) electrons. The Kier molecular flexibility index (Phi) is 5.45. The molecular weight excluding hydrogens is 432 g/mol. The first-order valence-electron chi connectivity index (χ1n) is 7.97. The zero-order valence-corrected chi connectivity index (χ0v) is 16.0. The van der Waals surface area contributed by atoms with Gasteiger partial charge in [-0.2, -0.15) is 34.8 Å². The van der Waals surface area contributed by atoms with Crippen LogP contribution in [-0.4, -0.2) is 38.3 Å². The van der Waals surface area contributed by atoms with E-state index in [1.54, 1.807) is 0 Å². The summed E-state index contributed by atoms with van der Waals surface area (Å²) in [4.78, 5) is 24.0. The minimum Gasteiger partial charge on any atom is -0.375 e. The number of fused-ring (bicyclic) bond motifs is 1. The molecule has 0 bridgehead atoms. The highest BCUT2D eigenvalue weighted by Gasteiger charge is 2.50. The number of alkyl halides is 6. The molecule has 0 spiro atoms. The molecule has 13 heteroatoms. The second kappa shape index (κ2) is 6.89. The second-order valence-electron chi connectivity index (χ2n) is 6.99. The van der Waals surface area contributed by atoms with Crippen molar-refractivity contribution in [1.29, 1.82) is 0 Å². The molecule has 2 rings (SSSR count). The van der Waals surface area contributed by atoms with Gasteiger partial charge in [0.1, 0.15) is 0 Å². The number of halogens is 6. The third-order valence-corrected chi connectivity index (χ3v) is 5.39. The van der Waals surface area contributed by atoms with E-state index in [9.17, 15) is 44.3 Å². The molecule has 0 saturated carbocycles. The lowest BCUT2D eigenvalue weighted by Crippen LogP contribution is -2.47. The summed E-state index contributed by atoms with van der Waals surface area (Å²) in [6.45, 7) is 3.57. The lowest BCUT2D eigenvalue weighted by Gasteiger charge is -2.39. The summed E-state index contributed by atoms with van der Waals surface area (Å²) in [5.74, 6) is -4.17. The van der Waals surface area contributed by atoms with E-state index < -0.39 is 50.2 Å². The highest BCUT2D eigenvalue weighted by atomic mass is 32.2. The Morgan fingerprint density at radius 1 is 1.10 bits per heavy atom. The van der Waals surface area contributed by atoms with Gasteiger partial charge in [0.05, 0.1) is 5.56 Å². The molecule has 1 aromatic carbocycles. The van der Waals surface area contributed by atoms with Crippen LogP contribution in [0.15, 0.2) is 12.1 Å². The van der Waals surface area contributed by atoms with Gasteiger partial charge in [-0.1, -0.05) is 13.8 Å². The van der Waals surface area contributed by atoms with Gasteiger partial charge in [-0.25, -0.2) is 0 Å². The van der Waals surface area contributed by atoms with Crippen LogP contribution >= 0.6 is 0 Å². The van der Waals surface area contributed by atoms with Crippen LogP contribution in [0.2, 0.25) is 0 Å². The van der Waals surface area contributed by atoms with Crippen LogP contribution in [0.1, 0.15) is 43.1 Å². The molecule has 1 amide bonds. The number of hydrogen-bond donors (Lipinski definition) is 0. The van der Waals surface area contributed by atoms with E-state index >= 15 is 0 Å². The zero-order valence-electron chi connectivity index (χ0n) is 15.2. The van der Waals surface area contributed by atoms with E-state index in [0.29, 0.717) is 4.90 Å². The predicted octanol–water partition coefficient (Wildman–Crippen LogP) is 3.69. The van der Waals surface area contributed by atoms with Crippen LogP contribution in [-0.2, 0) is 20.3 Å². The van der Waals surface area contributed by atoms with Crippen LogP contribution < -0.4 is 9.08 Å². The number of nitrogens with zero attached hydrogens (tertiary/aromatic N) is 1. The second-order valence-corrected chi connectivity index (χ2v) is 8.53. The third kappa shape index (κ3) is 4.33. The minimum absolute atomic E-state index is 0.00724. The monoisotopic (exact) mass is 447 g/mol. The maximum atomic E-state index is 12.9. The van der Waals surface area contributed by atoms with Gasteiger partial charge in [-0.05, 0) is 36.5 Å². The van der Waals surface area contributed by atoms with E-state index in [1.807, 2.05) is 0 Å². The van der Waals surface area contributed by atoms with Gasteiger partial charge in [0, 0.05) is 12.2 Å². The normalized spacial score (nSPS) is 16.9. The molecule has 1 aromatic rings. The first-order chi connectivity index (χ1) is 12.9. The van der Waals surface area contributed by atoms with Crippen molar-refractivity contribution in [2.45, 2.75) is 44.3 Å². The fourth-order valence-corrected chi connectivity index (χ4v) is 3.32. The van der Waals surface area contributed by atoms with Gasteiger partial charge in [0.25, 0.3) is 0 Å². The summed E-state index contributed by atoms with van der Waals surface area (Å²) in [7, 11) is -6.14. The molecule has 1 aliphatic rings. The van der Waals surface area contributed by atoms with Crippen molar-refractivity contribution >= 4 is 27.5 Å². The molecule has 0 atom stereocenters. The van der Waals surface area contributed by atoms with Crippen molar-refractivity contribution in [2.75, 3.05) is 11.4 Å². The maximum Gasteiger partial charge on any atom is 0.534 e. The summed E-state index contributed by atoms with van der Waals surface area (Å²) >= 11 is 0. The van der Waals surface area contributed by atoms with Crippen LogP contribution in [0.3, 0.4) is 0 Å². The predicted molar refractivity (Wildman–Crippen MR) is 88.1 cm³/mol. The molecule has 29 heavy (non-hydrogen) atoms. The van der Waals surface area contributed by atoms with Gasteiger partial charge >= 0.3 is 27.7 Å². The third-order valence-electron chi connectivity index (χ3n) is 4.43. The number of anilines is 1. The van der Waals surface area contributed by atoms with Crippen molar-refractivity contribution in [3.05, 3.63) is 23.3 Å². The number of carbonyl (C=O) groups excluding carboxylic acids is 2. The van der Waals surface area contributed by atoms with E-state index in [0.717, 1.165) is 19.1 Å². The number of benzene rings is 1. The average molecular weight is 447 g/mol. The van der Waals surface area contributed by atoms with Crippen LogP contribution in [0, 0.1) is 0 Å².